The van der Waals surface area contributed by atoms with Crippen LogP contribution in [0.15, 0.2) is 24.3 Å². The van der Waals surface area contributed by atoms with Crippen molar-refractivity contribution in [1.29, 1.82) is 0 Å². The summed E-state index contributed by atoms with van der Waals surface area (Å²) in [6, 6.07) is 7.96. The molecule has 0 fully saturated rings. The van der Waals surface area contributed by atoms with Gasteiger partial charge in [0.1, 0.15) is 5.75 Å². The van der Waals surface area contributed by atoms with Crippen LogP contribution < -0.4 is 15.8 Å². The molecule has 1 aromatic carbocycles. The van der Waals surface area contributed by atoms with Crippen LogP contribution in [0.5, 0.6) is 5.75 Å². The summed E-state index contributed by atoms with van der Waals surface area (Å²) in [4.78, 5) is 11.4. The summed E-state index contributed by atoms with van der Waals surface area (Å²) >= 11 is 0. The zero-order chi connectivity index (χ0) is 14.8. The average Bonchev–Trinajstić information content (AvgIpc) is 2.44. The van der Waals surface area contributed by atoms with E-state index in [1.165, 1.54) is 5.56 Å². The molecule has 0 bridgehead atoms. The summed E-state index contributed by atoms with van der Waals surface area (Å²) in [7, 11) is 1.59. The van der Waals surface area contributed by atoms with Crippen molar-refractivity contribution in [3.63, 3.8) is 0 Å². The molecule has 1 amide bonds. The van der Waals surface area contributed by atoms with E-state index in [-0.39, 0.29) is 18.6 Å². The fourth-order valence-corrected chi connectivity index (χ4v) is 1.64. The SMILES string of the molecule is COCCNC(=O)COc1ccc(CCC(C)N)cc1. The van der Waals surface area contributed by atoms with E-state index in [1.807, 2.05) is 31.2 Å². The molecule has 5 heteroatoms. The quantitative estimate of drug-likeness (QED) is 0.665. The largest absolute Gasteiger partial charge is 0.484 e. The minimum atomic E-state index is -0.150. The highest BCUT2D eigenvalue weighted by Crippen LogP contribution is 2.13. The van der Waals surface area contributed by atoms with Crippen LogP contribution in [0.3, 0.4) is 0 Å². The van der Waals surface area contributed by atoms with Crippen molar-refractivity contribution in [2.45, 2.75) is 25.8 Å². The van der Waals surface area contributed by atoms with Crippen molar-refractivity contribution in [3.8, 4) is 5.75 Å². The molecule has 0 aromatic heterocycles. The van der Waals surface area contributed by atoms with Crippen LogP contribution in [0.4, 0.5) is 0 Å². The van der Waals surface area contributed by atoms with Crippen LogP contribution in [0.2, 0.25) is 0 Å². The molecule has 1 rings (SSSR count). The highest BCUT2D eigenvalue weighted by atomic mass is 16.5. The Morgan fingerprint density at radius 3 is 2.65 bits per heavy atom. The molecule has 0 aliphatic carbocycles. The molecule has 1 atom stereocenters. The van der Waals surface area contributed by atoms with E-state index in [9.17, 15) is 4.79 Å². The van der Waals surface area contributed by atoms with E-state index < -0.39 is 0 Å². The number of hydrogen-bond acceptors (Lipinski definition) is 4. The summed E-state index contributed by atoms with van der Waals surface area (Å²) in [6.45, 7) is 3.01. The zero-order valence-corrected chi connectivity index (χ0v) is 12.2. The van der Waals surface area contributed by atoms with Gasteiger partial charge in [-0.05, 0) is 37.5 Å². The predicted octanol–water partition coefficient (Wildman–Crippen LogP) is 1.11. The normalized spacial score (nSPS) is 11.9. The first-order chi connectivity index (χ1) is 9.61. The minimum absolute atomic E-state index is 0.0168. The fourth-order valence-electron chi connectivity index (χ4n) is 1.64. The zero-order valence-electron chi connectivity index (χ0n) is 12.2. The number of nitrogens with one attached hydrogen (secondary N) is 1. The second-order valence-electron chi connectivity index (χ2n) is 4.79. The molecule has 0 saturated carbocycles. The molecular formula is C15H24N2O3. The molecule has 3 N–H and O–H groups in total. The molecule has 20 heavy (non-hydrogen) atoms. The Balaban J connectivity index is 2.28. The lowest BCUT2D eigenvalue weighted by molar-refractivity contribution is -0.123. The van der Waals surface area contributed by atoms with Gasteiger partial charge in [0.2, 0.25) is 0 Å². The highest BCUT2D eigenvalue weighted by molar-refractivity contribution is 5.77. The van der Waals surface area contributed by atoms with Crippen molar-refractivity contribution < 1.29 is 14.3 Å². The number of carbonyl (C=O) groups excluding carboxylic acids is 1. The Hall–Kier alpha value is -1.59. The van der Waals surface area contributed by atoms with Crippen LogP contribution in [0, 0.1) is 0 Å². The van der Waals surface area contributed by atoms with Gasteiger partial charge in [0.05, 0.1) is 6.61 Å². The molecule has 1 aromatic rings. The van der Waals surface area contributed by atoms with Crippen LogP contribution in [0.1, 0.15) is 18.9 Å². The van der Waals surface area contributed by atoms with Crippen molar-refractivity contribution in [3.05, 3.63) is 29.8 Å². The molecule has 112 valence electrons. The Labute approximate surface area is 120 Å². The van der Waals surface area contributed by atoms with E-state index in [1.54, 1.807) is 7.11 Å². The third-order valence-corrected chi connectivity index (χ3v) is 2.81. The van der Waals surface area contributed by atoms with Crippen LogP contribution in [0.25, 0.3) is 0 Å². The number of methoxy groups -OCH3 is 1. The third-order valence-electron chi connectivity index (χ3n) is 2.81. The summed E-state index contributed by atoms with van der Waals surface area (Å²) in [5.41, 5.74) is 6.94. The standard InChI is InChI=1S/C15H24N2O3/c1-12(16)3-4-13-5-7-14(8-6-13)20-11-15(18)17-9-10-19-2/h5-8,12H,3-4,9-11,16H2,1-2H3,(H,17,18). The van der Waals surface area contributed by atoms with Gasteiger partial charge in [-0.15, -0.1) is 0 Å². The van der Waals surface area contributed by atoms with Gasteiger partial charge in [-0.25, -0.2) is 0 Å². The maximum atomic E-state index is 11.4. The second kappa shape index (κ2) is 9.34. The van der Waals surface area contributed by atoms with Gasteiger partial charge in [0, 0.05) is 19.7 Å². The Morgan fingerprint density at radius 1 is 1.35 bits per heavy atom. The smallest absolute Gasteiger partial charge is 0.258 e. The maximum Gasteiger partial charge on any atom is 0.258 e. The van der Waals surface area contributed by atoms with Gasteiger partial charge in [-0.3, -0.25) is 4.79 Å². The summed E-state index contributed by atoms with van der Waals surface area (Å²) < 4.78 is 10.2. The van der Waals surface area contributed by atoms with Crippen LogP contribution in [-0.2, 0) is 16.0 Å². The maximum absolute atomic E-state index is 11.4. The van der Waals surface area contributed by atoms with E-state index in [0.29, 0.717) is 18.9 Å². The molecule has 0 heterocycles. The Morgan fingerprint density at radius 2 is 2.05 bits per heavy atom. The Kier molecular flexibility index (Phi) is 7.69. The molecule has 0 saturated heterocycles. The fraction of sp³-hybridized carbons (Fsp3) is 0.533. The number of carbonyl (C=O) groups is 1. The first-order valence-electron chi connectivity index (χ1n) is 6.84. The van der Waals surface area contributed by atoms with Crippen LogP contribution in [-0.4, -0.2) is 38.8 Å². The lowest BCUT2D eigenvalue weighted by Gasteiger charge is -2.08. The average molecular weight is 280 g/mol. The van der Waals surface area contributed by atoms with E-state index in [0.717, 1.165) is 12.8 Å². The van der Waals surface area contributed by atoms with Crippen molar-refractivity contribution in [1.82, 2.24) is 5.32 Å². The van der Waals surface area contributed by atoms with Crippen molar-refractivity contribution in [2.75, 3.05) is 26.9 Å². The first kappa shape index (κ1) is 16.5. The minimum Gasteiger partial charge on any atom is -0.484 e. The summed E-state index contributed by atoms with van der Waals surface area (Å²) in [5.74, 6) is 0.541. The number of rotatable bonds is 9. The number of aryl methyl sites for hydroxylation is 1. The first-order valence-corrected chi connectivity index (χ1v) is 6.84. The molecule has 0 aliphatic heterocycles. The summed E-state index contributed by atoms with van der Waals surface area (Å²) in [6.07, 6.45) is 1.91. The lowest BCUT2D eigenvalue weighted by Crippen LogP contribution is -2.31. The second-order valence-corrected chi connectivity index (χ2v) is 4.79. The topological polar surface area (TPSA) is 73.6 Å². The van der Waals surface area contributed by atoms with Gasteiger partial charge in [0.15, 0.2) is 6.61 Å². The third kappa shape index (κ3) is 7.11. The highest BCUT2D eigenvalue weighted by Gasteiger charge is 2.02. The number of hydrogen-bond donors (Lipinski definition) is 2. The van der Waals surface area contributed by atoms with Gasteiger partial charge in [-0.2, -0.15) is 0 Å². The number of benzene rings is 1. The predicted molar refractivity (Wildman–Crippen MR) is 78.8 cm³/mol. The van der Waals surface area contributed by atoms with E-state index in [2.05, 4.69) is 5.32 Å². The van der Waals surface area contributed by atoms with Gasteiger partial charge in [-0.1, -0.05) is 12.1 Å². The molecular weight excluding hydrogens is 256 g/mol. The number of nitrogens with two attached hydrogens (primary N) is 1. The molecule has 1 unspecified atom stereocenters. The molecule has 0 spiro atoms. The Bertz CT molecular complexity index is 391. The van der Waals surface area contributed by atoms with Crippen molar-refractivity contribution >= 4 is 5.91 Å². The number of amides is 1. The van der Waals surface area contributed by atoms with E-state index >= 15 is 0 Å². The molecule has 5 nitrogen and oxygen atoms in total. The van der Waals surface area contributed by atoms with Gasteiger partial charge in [0.25, 0.3) is 5.91 Å². The monoisotopic (exact) mass is 280 g/mol. The summed E-state index contributed by atoms with van der Waals surface area (Å²) in [5, 5.41) is 2.70. The molecule has 0 aliphatic rings. The van der Waals surface area contributed by atoms with Gasteiger partial charge >= 0.3 is 0 Å². The number of ether oxygens (including phenoxy) is 2. The molecule has 0 radical (unpaired) electrons. The lowest BCUT2D eigenvalue weighted by atomic mass is 10.1. The van der Waals surface area contributed by atoms with Crippen molar-refractivity contribution in [2.24, 2.45) is 5.73 Å². The van der Waals surface area contributed by atoms with E-state index in [4.69, 9.17) is 15.2 Å². The van der Waals surface area contributed by atoms with Crippen LogP contribution >= 0.6 is 0 Å². The van der Waals surface area contributed by atoms with Gasteiger partial charge < -0.3 is 20.5 Å².